The van der Waals surface area contributed by atoms with Gasteiger partial charge in [-0.15, -0.1) is 11.3 Å². The fourth-order valence-corrected chi connectivity index (χ4v) is 10.2. The summed E-state index contributed by atoms with van der Waals surface area (Å²) in [7, 11) is -4.42. The molecule has 326 valence electrons. The third-order valence-electron chi connectivity index (χ3n) is 11.8. The first-order valence-corrected chi connectivity index (χ1v) is 23.4. The Morgan fingerprint density at radius 2 is 1.65 bits per heavy atom. The molecule has 0 bridgehead atoms. The second-order valence-corrected chi connectivity index (χ2v) is 18.9. The lowest BCUT2D eigenvalue weighted by atomic mass is 10.0. The molecule has 2 aromatic heterocycles. The number of fused-ring (bicyclic) bond motifs is 3. The number of anilines is 1. The van der Waals surface area contributed by atoms with Gasteiger partial charge in [0.15, 0.2) is 0 Å². The van der Waals surface area contributed by atoms with Crippen molar-refractivity contribution in [3.63, 3.8) is 0 Å². The molecular weight excluding hydrogens is 835 g/mol. The number of rotatable bonds is 9. The number of nitrogens with zero attached hydrogens (tertiary/aromatic N) is 3. The first-order chi connectivity index (χ1) is 29.9. The number of carbonyl (C=O) groups excluding carboxylic acids is 5. The van der Waals surface area contributed by atoms with Crippen molar-refractivity contribution in [2.24, 2.45) is 5.92 Å². The van der Waals surface area contributed by atoms with E-state index in [1.807, 2.05) is 53.9 Å². The fraction of sp³-hybridized carbons (Fsp3) is 0.432. The van der Waals surface area contributed by atoms with Gasteiger partial charge in [-0.1, -0.05) is 43.2 Å². The topological polar surface area (TPSA) is 215 Å². The van der Waals surface area contributed by atoms with Crippen LogP contribution in [0.15, 0.2) is 83.1 Å². The lowest BCUT2D eigenvalue weighted by Crippen LogP contribution is -2.58. The highest BCUT2D eigenvalue weighted by Crippen LogP contribution is 2.46. The van der Waals surface area contributed by atoms with Crippen molar-refractivity contribution in [1.82, 2.24) is 30.2 Å². The smallest absolute Gasteiger partial charge is 0.408 e. The van der Waals surface area contributed by atoms with Gasteiger partial charge in [0, 0.05) is 24.9 Å². The van der Waals surface area contributed by atoms with E-state index in [0.717, 1.165) is 43.4 Å². The number of alkyl carbamates (subject to hydrolysis) is 1. The summed E-state index contributed by atoms with van der Waals surface area (Å²) in [5.74, 6) is -2.77. The number of thiophene rings is 1. The number of carbonyl (C=O) groups is 5. The van der Waals surface area contributed by atoms with Gasteiger partial charge in [0.2, 0.25) is 23.6 Å². The van der Waals surface area contributed by atoms with Crippen LogP contribution in [0, 0.1) is 5.92 Å². The monoisotopic (exact) mass is 883 g/mol. The Hall–Kier alpha value is -5.88. The number of aromatic nitrogens is 2. The molecular formula is C44H49N7O9S2. The minimum atomic E-state index is -4.42. The zero-order chi connectivity index (χ0) is 43.4. The van der Waals surface area contributed by atoms with Crippen LogP contribution in [0.2, 0.25) is 0 Å². The van der Waals surface area contributed by atoms with Gasteiger partial charge in [0.1, 0.15) is 35.5 Å². The molecule has 4 aliphatic rings. The van der Waals surface area contributed by atoms with Crippen molar-refractivity contribution < 1.29 is 41.9 Å². The van der Waals surface area contributed by atoms with Crippen molar-refractivity contribution in [1.29, 1.82) is 0 Å². The Labute approximate surface area is 363 Å². The van der Waals surface area contributed by atoms with Crippen LogP contribution in [0.1, 0.15) is 77.6 Å². The number of hydrogen-bond acceptors (Lipinski definition) is 12. The van der Waals surface area contributed by atoms with E-state index in [-0.39, 0.29) is 42.2 Å². The number of allylic oxidation sites excluding steroid dienone is 1. The van der Waals surface area contributed by atoms with E-state index < -0.39 is 63.5 Å². The Balaban J connectivity index is 1.09. The molecule has 0 radical (unpaired) electrons. The molecule has 2 aliphatic carbocycles. The number of ether oxygens (including phenoxy) is 2. The lowest BCUT2D eigenvalue weighted by molar-refractivity contribution is -0.141. The number of nitrogens with one attached hydrogen (secondary N) is 4. The molecule has 4 heterocycles. The summed E-state index contributed by atoms with van der Waals surface area (Å²) in [6.45, 7) is 1.27. The summed E-state index contributed by atoms with van der Waals surface area (Å²) in [4.78, 5) is 80.0. The molecule has 2 aliphatic heterocycles. The van der Waals surface area contributed by atoms with Gasteiger partial charge < -0.3 is 30.3 Å². The van der Waals surface area contributed by atoms with Crippen molar-refractivity contribution >= 4 is 67.8 Å². The van der Waals surface area contributed by atoms with Crippen LogP contribution in [0.3, 0.4) is 0 Å². The maximum absolute atomic E-state index is 14.7. The quantitative estimate of drug-likeness (QED) is 0.152. The minimum Gasteiger partial charge on any atom is -0.471 e. The van der Waals surface area contributed by atoms with Crippen molar-refractivity contribution in [2.75, 3.05) is 11.9 Å². The first kappa shape index (κ1) is 42.8. The number of amides is 5. The van der Waals surface area contributed by atoms with Crippen LogP contribution >= 0.6 is 11.3 Å². The van der Waals surface area contributed by atoms with Crippen molar-refractivity contribution in [2.45, 2.75) is 112 Å². The highest BCUT2D eigenvalue weighted by atomic mass is 32.2. The van der Waals surface area contributed by atoms with E-state index >= 15 is 0 Å². The highest BCUT2D eigenvalue weighted by Gasteiger charge is 2.61. The summed E-state index contributed by atoms with van der Waals surface area (Å²) in [6.07, 6.45) is 8.62. The van der Waals surface area contributed by atoms with Crippen LogP contribution in [0.25, 0.3) is 21.6 Å². The summed E-state index contributed by atoms with van der Waals surface area (Å²) < 4.78 is 41.6. The number of para-hydroxylation sites is 2. The molecule has 3 fully saturated rings. The van der Waals surface area contributed by atoms with Crippen LogP contribution in [0.5, 0.6) is 5.88 Å². The maximum Gasteiger partial charge on any atom is 0.408 e. The van der Waals surface area contributed by atoms with E-state index in [2.05, 4.69) is 20.7 Å². The number of hydrogen-bond donors (Lipinski definition) is 4. The van der Waals surface area contributed by atoms with Crippen molar-refractivity contribution in [3.05, 3.63) is 78.2 Å². The summed E-state index contributed by atoms with van der Waals surface area (Å²) >= 11 is 1.46. The van der Waals surface area contributed by atoms with E-state index in [9.17, 15) is 32.4 Å². The highest BCUT2D eigenvalue weighted by molar-refractivity contribution is 7.90. The fourth-order valence-electron chi connectivity index (χ4n) is 8.49. The summed E-state index contributed by atoms with van der Waals surface area (Å²) in [5, 5.41) is 10.2. The molecule has 8 rings (SSSR count). The van der Waals surface area contributed by atoms with Crippen LogP contribution < -0.4 is 25.4 Å². The standard InChI is InChI=1S/C44H49N7O9S2/c1-27(52)45-29-19-21-32(22-20-29)62(57,58)50-42(55)44-25-28(44)12-5-3-2-4-6-17-35(48-43(56)60-30-13-7-8-14-30)41(54)51-26-31(24-36(51)39(53)49-44)59-40-38(37-18-11-23-61-37)46-33-15-9-10-16-34(33)47-40/h5,9-12,15-16,18-23,28,30-31,35-36H,2-4,6-8,13-14,17,24-26H2,1H3,(H,45,52)(H,48,56)(H,49,53)(H,50,55)/b12-5+/t28?,31-,35-,36+,44-/m1/s1. The molecule has 5 atom stereocenters. The molecule has 2 aromatic carbocycles. The maximum atomic E-state index is 14.7. The Bertz CT molecular complexity index is 2470. The van der Waals surface area contributed by atoms with Gasteiger partial charge in [0.05, 0.1) is 27.4 Å². The number of sulfonamides is 1. The average molecular weight is 884 g/mol. The van der Waals surface area contributed by atoms with Crippen LogP contribution in [-0.2, 0) is 33.9 Å². The van der Waals surface area contributed by atoms with Gasteiger partial charge in [-0.05, 0) is 99.2 Å². The largest absolute Gasteiger partial charge is 0.471 e. The second-order valence-electron chi connectivity index (χ2n) is 16.3. The molecule has 4 aromatic rings. The van der Waals surface area contributed by atoms with E-state index in [1.165, 1.54) is 47.4 Å². The van der Waals surface area contributed by atoms with E-state index in [1.54, 1.807) is 0 Å². The summed E-state index contributed by atoms with van der Waals surface area (Å²) in [5.41, 5.74) is 0.482. The molecule has 18 heteroatoms. The van der Waals surface area contributed by atoms with Gasteiger partial charge in [-0.3, -0.25) is 19.2 Å². The Morgan fingerprint density at radius 1 is 0.903 bits per heavy atom. The van der Waals surface area contributed by atoms with Gasteiger partial charge in [-0.25, -0.2) is 27.9 Å². The molecule has 5 amide bonds. The molecule has 1 unspecified atom stereocenters. The molecule has 16 nitrogen and oxygen atoms in total. The molecule has 1 saturated heterocycles. The predicted molar refractivity (Wildman–Crippen MR) is 230 cm³/mol. The third-order valence-corrected chi connectivity index (χ3v) is 14.0. The Kier molecular flexibility index (Phi) is 12.6. The summed E-state index contributed by atoms with van der Waals surface area (Å²) in [6, 6.07) is 14.3. The average Bonchev–Trinajstić information content (AvgIpc) is 3.74. The normalized spacial score (nSPS) is 25.0. The molecule has 0 spiro atoms. The minimum absolute atomic E-state index is 0.00759. The molecule has 4 N–H and O–H groups in total. The predicted octanol–water partition coefficient (Wildman–Crippen LogP) is 5.60. The van der Waals surface area contributed by atoms with Crippen LogP contribution in [0.4, 0.5) is 10.5 Å². The lowest BCUT2D eigenvalue weighted by Gasteiger charge is -2.30. The number of benzene rings is 2. The van der Waals surface area contributed by atoms with Crippen LogP contribution in [-0.4, -0.2) is 89.4 Å². The zero-order valence-electron chi connectivity index (χ0n) is 34.2. The van der Waals surface area contributed by atoms with Gasteiger partial charge in [-0.2, -0.15) is 0 Å². The van der Waals surface area contributed by atoms with E-state index in [4.69, 9.17) is 19.4 Å². The first-order valence-electron chi connectivity index (χ1n) is 21.1. The van der Waals surface area contributed by atoms with Gasteiger partial charge >= 0.3 is 6.09 Å². The molecule has 62 heavy (non-hydrogen) atoms. The van der Waals surface area contributed by atoms with Crippen molar-refractivity contribution in [3.8, 4) is 16.5 Å². The van der Waals surface area contributed by atoms with Gasteiger partial charge in [0.25, 0.3) is 15.9 Å². The molecule has 2 saturated carbocycles. The Morgan fingerprint density at radius 3 is 2.37 bits per heavy atom. The van der Waals surface area contributed by atoms with E-state index in [0.29, 0.717) is 41.7 Å². The SMILES string of the molecule is CC(=O)Nc1ccc(S(=O)(=O)NC(=O)[C@@]23CC2/C=C/CCCCC[C@@H](NC(=O)OC2CCCC2)C(=O)N2C[C@H](Oc4nc5ccccc5nc4-c4cccs4)C[C@H]2C(=O)N3)cc1. The zero-order valence-corrected chi connectivity index (χ0v) is 35.8. The second kappa shape index (κ2) is 18.2. The third kappa shape index (κ3) is 9.60.